The first kappa shape index (κ1) is 29.2. The van der Waals surface area contributed by atoms with Gasteiger partial charge in [-0.15, -0.1) is 21.5 Å². The summed E-state index contributed by atoms with van der Waals surface area (Å²) in [6.45, 7) is 5.78. The van der Waals surface area contributed by atoms with Gasteiger partial charge in [-0.2, -0.15) is 8.78 Å². The molecule has 1 aliphatic carbocycles. The fourth-order valence-electron chi connectivity index (χ4n) is 3.86. The highest BCUT2D eigenvalue weighted by molar-refractivity contribution is 14.2. The number of carbonyl (C=O) groups is 1. The number of carbonyl (C=O) groups excluding carboxylic acids is 1. The lowest BCUT2D eigenvalue weighted by Gasteiger charge is -2.12. The molecule has 15 heteroatoms. The van der Waals surface area contributed by atoms with Crippen molar-refractivity contribution in [2.24, 2.45) is 0 Å². The SMILES string of the molecule is C=IC(F)(F)c1cc(OCC)c(C(=O)NC2Cc3cc(Cl)c(S(=O)(=O)Nc4nnc(C(C)C)s4)cc3C2)s1. The van der Waals surface area contributed by atoms with Crippen LogP contribution in [-0.2, 0) is 26.8 Å². The fraction of sp³-hybridized carbons (Fsp3) is 0.391. The molecular weight excluding hydrogens is 693 g/mol. The van der Waals surface area contributed by atoms with E-state index in [1.54, 1.807) is 13.0 Å². The van der Waals surface area contributed by atoms with Gasteiger partial charge in [0.25, 0.3) is 15.9 Å². The first-order valence-corrected chi connectivity index (χ1v) is 17.5. The zero-order chi connectivity index (χ0) is 27.8. The van der Waals surface area contributed by atoms with E-state index in [2.05, 4.69) is 24.8 Å². The van der Waals surface area contributed by atoms with Gasteiger partial charge in [0.1, 0.15) is 20.5 Å². The molecule has 0 bridgehead atoms. The summed E-state index contributed by atoms with van der Waals surface area (Å²) < 4.78 is 62.8. The Morgan fingerprint density at radius 1 is 1.26 bits per heavy atom. The van der Waals surface area contributed by atoms with Crippen molar-refractivity contribution in [3.8, 4) is 5.75 Å². The maximum absolute atomic E-state index is 14.2. The number of hydrogen-bond donors (Lipinski definition) is 2. The number of nitrogens with zero attached hydrogens (tertiary/aromatic N) is 2. The van der Waals surface area contributed by atoms with Gasteiger partial charge in [0.2, 0.25) is 5.13 Å². The summed E-state index contributed by atoms with van der Waals surface area (Å²) in [5, 5.41) is 11.6. The zero-order valence-electron chi connectivity index (χ0n) is 20.5. The molecular formula is C23H24ClF2IN4O4S3. The predicted molar refractivity (Wildman–Crippen MR) is 155 cm³/mol. The number of thiophene rings is 1. The van der Waals surface area contributed by atoms with Crippen molar-refractivity contribution in [1.82, 2.24) is 15.5 Å². The third-order valence-corrected chi connectivity index (χ3v) is 11.8. The minimum Gasteiger partial charge on any atom is -0.492 e. The highest BCUT2D eigenvalue weighted by atomic mass is 127. The minimum atomic E-state index is -4.04. The molecule has 0 aliphatic heterocycles. The van der Waals surface area contributed by atoms with Crippen LogP contribution in [-0.4, -0.2) is 41.7 Å². The zero-order valence-corrected chi connectivity index (χ0v) is 25.8. The van der Waals surface area contributed by atoms with Gasteiger partial charge in [-0.05, 0) is 63.8 Å². The third-order valence-electron chi connectivity index (χ3n) is 5.62. The Bertz CT molecular complexity index is 1490. The van der Waals surface area contributed by atoms with E-state index in [0.29, 0.717) is 34.7 Å². The van der Waals surface area contributed by atoms with Gasteiger partial charge in [-0.1, -0.05) is 41.3 Å². The van der Waals surface area contributed by atoms with Gasteiger partial charge >= 0.3 is 3.93 Å². The van der Waals surface area contributed by atoms with Crippen molar-refractivity contribution in [3.05, 3.63) is 49.1 Å². The van der Waals surface area contributed by atoms with E-state index >= 15 is 0 Å². The minimum absolute atomic E-state index is 0.0389. The molecule has 0 saturated carbocycles. The van der Waals surface area contributed by atoms with E-state index in [9.17, 15) is 22.0 Å². The molecule has 2 heterocycles. The number of hydrogen-bond acceptors (Lipinski definition) is 8. The van der Waals surface area contributed by atoms with Gasteiger partial charge in [0.05, 0.1) is 16.5 Å². The molecule has 8 nitrogen and oxygen atoms in total. The largest absolute Gasteiger partial charge is 0.492 e. The molecule has 2 aromatic heterocycles. The molecule has 0 saturated heterocycles. The predicted octanol–water partition coefficient (Wildman–Crippen LogP) is 5.93. The molecule has 1 aromatic carbocycles. The number of sulfonamides is 1. The summed E-state index contributed by atoms with van der Waals surface area (Å²) in [6, 6.07) is 3.90. The van der Waals surface area contributed by atoms with E-state index < -0.39 is 40.6 Å². The molecule has 0 spiro atoms. The van der Waals surface area contributed by atoms with Crippen molar-refractivity contribution >= 4 is 80.6 Å². The molecule has 3 aromatic rings. The molecule has 1 unspecified atom stereocenters. The molecule has 0 radical (unpaired) electrons. The smallest absolute Gasteiger partial charge is 0.325 e. The van der Waals surface area contributed by atoms with Gasteiger partial charge in [0, 0.05) is 18.0 Å². The van der Waals surface area contributed by atoms with Gasteiger partial charge in [-0.3, -0.25) is 9.52 Å². The lowest BCUT2D eigenvalue weighted by atomic mass is 10.1. The van der Waals surface area contributed by atoms with E-state index in [1.165, 1.54) is 12.1 Å². The van der Waals surface area contributed by atoms with E-state index in [0.717, 1.165) is 16.9 Å². The summed E-state index contributed by atoms with van der Waals surface area (Å²) in [6.07, 6.45) is 0.755. The van der Waals surface area contributed by atoms with E-state index in [4.69, 9.17) is 16.3 Å². The molecule has 2 N–H and O–H groups in total. The number of benzene rings is 1. The second-order valence-electron chi connectivity index (χ2n) is 8.70. The highest BCUT2D eigenvalue weighted by Gasteiger charge is 2.35. The number of alkyl halides is 3. The first-order valence-electron chi connectivity index (χ1n) is 11.4. The maximum atomic E-state index is 14.2. The molecule has 0 fully saturated rings. The second kappa shape index (κ2) is 11.4. The summed E-state index contributed by atoms with van der Waals surface area (Å²) in [4.78, 5) is 12.8. The number of rotatable bonds is 10. The summed E-state index contributed by atoms with van der Waals surface area (Å²) >= 11 is 6.54. The van der Waals surface area contributed by atoms with Gasteiger partial charge < -0.3 is 10.1 Å². The van der Waals surface area contributed by atoms with Crippen molar-refractivity contribution in [2.75, 3.05) is 11.3 Å². The Kier molecular flexibility index (Phi) is 8.76. The van der Waals surface area contributed by atoms with Crippen LogP contribution in [0.1, 0.15) is 57.4 Å². The van der Waals surface area contributed by atoms with Gasteiger partial charge in [0.15, 0.2) is 0 Å². The van der Waals surface area contributed by atoms with Crippen LogP contribution in [0.3, 0.4) is 0 Å². The quantitative estimate of drug-likeness (QED) is 0.199. The average molecular weight is 717 g/mol. The van der Waals surface area contributed by atoms with Crippen LogP contribution in [0.5, 0.6) is 5.75 Å². The monoisotopic (exact) mass is 716 g/mol. The third kappa shape index (κ3) is 6.18. The van der Waals surface area contributed by atoms with E-state index in [1.807, 2.05) is 13.8 Å². The first-order chi connectivity index (χ1) is 17.8. The second-order valence-corrected chi connectivity index (χ2v) is 14.9. The van der Waals surface area contributed by atoms with Crippen LogP contribution < -0.4 is 14.8 Å². The number of nitrogens with one attached hydrogen (secondary N) is 2. The van der Waals surface area contributed by atoms with Crippen molar-refractivity contribution in [3.63, 3.8) is 0 Å². The molecule has 1 amide bonds. The van der Waals surface area contributed by atoms with Crippen LogP contribution in [0, 0.1) is 0 Å². The summed E-state index contributed by atoms with van der Waals surface area (Å²) in [5.41, 5.74) is 1.51. The molecule has 38 heavy (non-hydrogen) atoms. The van der Waals surface area contributed by atoms with Crippen molar-refractivity contribution in [1.29, 1.82) is 0 Å². The number of fused-ring (bicyclic) bond motifs is 1. The Hall–Kier alpha value is -1.75. The number of halogens is 4. The topological polar surface area (TPSA) is 110 Å². The standard InChI is InChI=1S/C23H24ClF2IN4O4S3/c1-5-35-16-10-18(23(25,26)27-4)36-19(16)20(32)28-14-6-12-8-15(24)17(9-13(12)7-14)38(33,34)31-22-30-29-21(37-22)11(2)3/h8-11,14H,4-7H2,1-3H3,(H,28,32)(H,30,31). The Morgan fingerprint density at radius 2 is 1.95 bits per heavy atom. The molecule has 1 atom stereocenters. The van der Waals surface area contributed by atoms with E-state index in [-0.39, 0.29) is 49.1 Å². The Morgan fingerprint density at radius 3 is 2.55 bits per heavy atom. The van der Waals surface area contributed by atoms with Gasteiger partial charge in [-0.25, -0.2) is 8.42 Å². The van der Waals surface area contributed by atoms with Crippen molar-refractivity contribution < 1.29 is 26.7 Å². The van der Waals surface area contributed by atoms with Crippen LogP contribution in [0.2, 0.25) is 5.02 Å². The number of aromatic nitrogens is 2. The normalized spacial score (nSPS) is 15.5. The average Bonchev–Trinajstić information content (AvgIpc) is 3.56. The van der Waals surface area contributed by atoms with Crippen LogP contribution in [0.4, 0.5) is 13.9 Å². The lowest BCUT2D eigenvalue weighted by Crippen LogP contribution is -2.35. The highest BCUT2D eigenvalue weighted by Crippen LogP contribution is 2.45. The Balaban J connectivity index is 1.52. The number of anilines is 1. The summed E-state index contributed by atoms with van der Waals surface area (Å²) in [7, 11) is -4.04. The van der Waals surface area contributed by atoms with Crippen LogP contribution >= 0.6 is 55.0 Å². The van der Waals surface area contributed by atoms with Crippen LogP contribution in [0.15, 0.2) is 23.1 Å². The molecule has 4 rings (SSSR count). The summed E-state index contributed by atoms with van der Waals surface area (Å²) in [5.74, 6) is -0.315. The Labute approximate surface area is 242 Å². The molecule has 1 aliphatic rings. The fourth-order valence-corrected chi connectivity index (χ4v) is 8.54. The number of ether oxygens (including phenoxy) is 1. The lowest BCUT2D eigenvalue weighted by molar-refractivity contribution is 0.0939. The molecule has 206 valence electrons. The van der Waals surface area contributed by atoms with Crippen molar-refractivity contribution in [2.45, 2.75) is 54.4 Å². The maximum Gasteiger partial charge on any atom is 0.325 e. The number of amides is 1. The van der Waals surface area contributed by atoms with Crippen LogP contribution in [0.25, 0.3) is 0 Å².